The third-order valence-electron chi connectivity index (χ3n) is 4.55. The topological polar surface area (TPSA) is 46.2 Å². The van der Waals surface area contributed by atoms with Gasteiger partial charge in [0.05, 0.1) is 4.90 Å². The zero-order chi connectivity index (χ0) is 17.2. The van der Waals surface area contributed by atoms with E-state index in [-0.39, 0.29) is 5.92 Å². The predicted octanol–water partition coefficient (Wildman–Crippen LogP) is 3.94. The SMILES string of the molecule is Cc1ccc(S(=O)(=O)NCC(C)C2=CCCc3ccccc32)cc1. The van der Waals surface area contributed by atoms with E-state index in [0.717, 1.165) is 18.4 Å². The number of fused-ring (bicyclic) bond motifs is 1. The molecule has 0 fully saturated rings. The Kier molecular flexibility index (Phi) is 4.88. The van der Waals surface area contributed by atoms with Crippen molar-refractivity contribution in [1.82, 2.24) is 4.72 Å². The fourth-order valence-electron chi connectivity index (χ4n) is 3.13. The maximum Gasteiger partial charge on any atom is 0.240 e. The fraction of sp³-hybridized carbons (Fsp3) is 0.300. The first-order valence-electron chi connectivity index (χ1n) is 8.32. The van der Waals surface area contributed by atoms with Crippen molar-refractivity contribution in [2.24, 2.45) is 5.92 Å². The molecule has 4 heteroatoms. The van der Waals surface area contributed by atoms with Gasteiger partial charge in [0.1, 0.15) is 0 Å². The highest BCUT2D eigenvalue weighted by atomic mass is 32.2. The van der Waals surface area contributed by atoms with Crippen LogP contribution in [-0.2, 0) is 16.4 Å². The van der Waals surface area contributed by atoms with Gasteiger partial charge in [-0.15, -0.1) is 0 Å². The van der Waals surface area contributed by atoms with Crippen molar-refractivity contribution in [3.05, 3.63) is 71.3 Å². The van der Waals surface area contributed by atoms with Gasteiger partial charge in [-0.25, -0.2) is 13.1 Å². The number of hydrogen-bond donors (Lipinski definition) is 1. The number of sulfonamides is 1. The zero-order valence-electron chi connectivity index (χ0n) is 14.1. The first kappa shape index (κ1) is 16.9. The molecule has 1 aliphatic carbocycles. The van der Waals surface area contributed by atoms with Crippen molar-refractivity contribution in [2.75, 3.05) is 6.54 Å². The lowest BCUT2D eigenvalue weighted by Crippen LogP contribution is -2.29. The van der Waals surface area contributed by atoms with E-state index < -0.39 is 10.0 Å². The van der Waals surface area contributed by atoms with E-state index in [9.17, 15) is 8.42 Å². The van der Waals surface area contributed by atoms with Crippen LogP contribution in [0.25, 0.3) is 5.57 Å². The Bertz CT molecular complexity index is 851. The minimum atomic E-state index is -3.47. The maximum atomic E-state index is 12.4. The van der Waals surface area contributed by atoms with Gasteiger partial charge in [-0.3, -0.25) is 0 Å². The largest absolute Gasteiger partial charge is 0.240 e. The Balaban J connectivity index is 1.73. The lowest BCUT2D eigenvalue weighted by Gasteiger charge is -2.23. The van der Waals surface area contributed by atoms with Crippen molar-refractivity contribution >= 4 is 15.6 Å². The van der Waals surface area contributed by atoms with Gasteiger partial charge in [-0.1, -0.05) is 55.0 Å². The van der Waals surface area contributed by atoms with Gasteiger partial charge < -0.3 is 0 Å². The molecule has 126 valence electrons. The van der Waals surface area contributed by atoms with E-state index >= 15 is 0 Å². The number of allylic oxidation sites excluding steroid dienone is 1. The standard InChI is InChI=1S/C20H23NO2S/c1-15-10-12-18(13-11-15)24(22,23)21-14-16(2)19-9-5-7-17-6-3-4-8-20(17)19/h3-4,6,8-13,16,21H,5,7,14H2,1-2H3. The molecule has 2 aromatic carbocycles. The Morgan fingerprint density at radius 2 is 1.79 bits per heavy atom. The summed E-state index contributed by atoms with van der Waals surface area (Å²) in [5.74, 6) is 0.131. The normalized spacial score (nSPS) is 15.5. The van der Waals surface area contributed by atoms with Gasteiger partial charge in [-0.2, -0.15) is 0 Å². The molecule has 24 heavy (non-hydrogen) atoms. The van der Waals surface area contributed by atoms with Crippen LogP contribution in [0.15, 0.2) is 59.5 Å². The molecule has 0 spiro atoms. The monoisotopic (exact) mass is 341 g/mol. The van der Waals surface area contributed by atoms with Crippen molar-refractivity contribution < 1.29 is 8.42 Å². The molecule has 1 atom stereocenters. The van der Waals surface area contributed by atoms with E-state index in [0.29, 0.717) is 11.4 Å². The highest BCUT2D eigenvalue weighted by Gasteiger charge is 2.20. The van der Waals surface area contributed by atoms with E-state index in [1.165, 1.54) is 16.7 Å². The Morgan fingerprint density at radius 3 is 2.54 bits per heavy atom. The van der Waals surface area contributed by atoms with Crippen LogP contribution in [0.3, 0.4) is 0 Å². The molecule has 1 unspecified atom stereocenters. The highest BCUT2D eigenvalue weighted by Crippen LogP contribution is 2.31. The molecule has 3 rings (SSSR count). The number of aryl methyl sites for hydroxylation is 2. The average molecular weight is 341 g/mol. The summed E-state index contributed by atoms with van der Waals surface area (Å²) in [5, 5.41) is 0. The van der Waals surface area contributed by atoms with Crippen LogP contribution >= 0.6 is 0 Å². The first-order chi connectivity index (χ1) is 11.5. The van der Waals surface area contributed by atoms with E-state index in [1.54, 1.807) is 12.1 Å². The summed E-state index contributed by atoms with van der Waals surface area (Å²) in [5.41, 5.74) is 4.89. The first-order valence-corrected chi connectivity index (χ1v) is 9.80. The number of nitrogens with one attached hydrogen (secondary N) is 1. The van der Waals surface area contributed by atoms with Crippen molar-refractivity contribution in [3.63, 3.8) is 0 Å². The second-order valence-corrected chi connectivity index (χ2v) is 8.19. The van der Waals surface area contributed by atoms with E-state index in [2.05, 4.69) is 35.9 Å². The van der Waals surface area contributed by atoms with Gasteiger partial charge in [0, 0.05) is 6.54 Å². The molecule has 0 saturated heterocycles. The molecule has 0 heterocycles. The number of hydrogen-bond acceptors (Lipinski definition) is 2. The Hall–Kier alpha value is -1.91. The number of rotatable bonds is 5. The third-order valence-corrected chi connectivity index (χ3v) is 5.99. The second-order valence-electron chi connectivity index (χ2n) is 6.42. The van der Waals surface area contributed by atoms with Crippen molar-refractivity contribution in [1.29, 1.82) is 0 Å². The smallest absolute Gasteiger partial charge is 0.211 e. The molecule has 0 saturated carbocycles. The summed E-state index contributed by atoms with van der Waals surface area (Å²) >= 11 is 0. The van der Waals surface area contributed by atoms with Gasteiger partial charge in [0.2, 0.25) is 10.0 Å². The van der Waals surface area contributed by atoms with Crippen LogP contribution < -0.4 is 4.72 Å². The van der Waals surface area contributed by atoms with Gasteiger partial charge in [0.25, 0.3) is 0 Å². The van der Waals surface area contributed by atoms with Gasteiger partial charge in [-0.05, 0) is 54.5 Å². The van der Waals surface area contributed by atoms with Crippen LogP contribution in [0, 0.1) is 12.8 Å². The molecule has 0 aromatic heterocycles. The summed E-state index contributed by atoms with van der Waals surface area (Å²) in [7, 11) is -3.47. The molecule has 0 bridgehead atoms. The lowest BCUT2D eigenvalue weighted by atomic mass is 9.84. The summed E-state index contributed by atoms with van der Waals surface area (Å²) in [6.45, 7) is 4.42. The Labute approximate surface area is 144 Å². The fourth-order valence-corrected chi connectivity index (χ4v) is 4.26. The maximum absolute atomic E-state index is 12.4. The van der Waals surface area contributed by atoms with Crippen molar-refractivity contribution in [3.8, 4) is 0 Å². The lowest BCUT2D eigenvalue weighted by molar-refractivity contribution is 0.573. The molecule has 1 aliphatic rings. The van der Waals surface area contributed by atoms with Crippen LogP contribution in [-0.4, -0.2) is 15.0 Å². The summed E-state index contributed by atoms with van der Waals surface area (Å²) in [6.07, 6.45) is 4.32. The Morgan fingerprint density at radius 1 is 1.08 bits per heavy atom. The predicted molar refractivity (Wildman–Crippen MR) is 98.3 cm³/mol. The summed E-state index contributed by atoms with van der Waals surface area (Å²) in [4.78, 5) is 0.318. The van der Waals surface area contributed by atoms with E-state index in [4.69, 9.17) is 0 Å². The summed E-state index contributed by atoms with van der Waals surface area (Å²) in [6, 6.07) is 15.3. The molecule has 0 amide bonds. The quantitative estimate of drug-likeness (QED) is 0.895. The highest BCUT2D eigenvalue weighted by molar-refractivity contribution is 7.89. The van der Waals surface area contributed by atoms with Crippen LogP contribution in [0.1, 0.15) is 30.0 Å². The molecule has 3 nitrogen and oxygen atoms in total. The van der Waals surface area contributed by atoms with Crippen LogP contribution in [0.5, 0.6) is 0 Å². The van der Waals surface area contributed by atoms with Crippen LogP contribution in [0.2, 0.25) is 0 Å². The molecular formula is C20H23NO2S. The van der Waals surface area contributed by atoms with E-state index in [1.807, 2.05) is 25.1 Å². The molecule has 0 aliphatic heterocycles. The number of benzene rings is 2. The molecule has 0 radical (unpaired) electrons. The average Bonchev–Trinajstić information content (AvgIpc) is 2.59. The minimum Gasteiger partial charge on any atom is -0.211 e. The van der Waals surface area contributed by atoms with Crippen LogP contribution in [0.4, 0.5) is 0 Å². The minimum absolute atomic E-state index is 0.131. The van der Waals surface area contributed by atoms with Gasteiger partial charge in [0.15, 0.2) is 0 Å². The molecule has 2 aromatic rings. The zero-order valence-corrected chi connectivity index (χ0v) is 14.9. The molecular weight excluding hydrogens is 318 g/mol. The summed E-state index contributed by atoms with van der Waals surface area (Å²) < 4.78 is 27.6. The van der Waals surface area contributed by atoms with Gasteiger partial charge >= 0.3 is 0 Å². The third kappa shape index (κ3) is 3.60. The molecule has 1 N–H and O–H groups in total. The second kappa shape index (κ2) is 6.91. The van der Waals surface area contributed by atoms with Crippen molar-refractivity contribution in [2.45, 2.75) is 31.6 Å².